The summed E-state index contributed by atoms with van der Waals surface area (Å²) < 4.78 is 30.2. The number of fused-ring (bicyclic) bond motifs is 2. The smallest absolute Gasteiger partial charge is 0.240 e. The second kappa shape index (κ2) is 6.51. The lowest BCUT2D eigenvalue weighted by atomic mass is 10.2. The van der Waals surface area contributed by atoms with Gasteiger partial charge < -0.3 is 9.47 Å². The first-order valence-electron chi connectivity index (χ1n) is 8.80. The highest BCUT2D eigenvalue weighted by molar-refractivity contribution is 7.89. The van der Waals surface area contributed by atoms with Gasteiger partial charge >= 0.3 is 0 Å². The van der Waals surface area contributed by atoms with Gasteiger partial charge in [0.25, 0.3) is 0 Å². The molecule has 2 heterocycles. The topological polar surface area (TPSA) is 71.4 Å². The number of para-hydroxylation sites is 1. The Bertz CT molecular complexity index is 1150. The van der Waals surface area contributed by atoms with Crippen LogP contribution in [-0.2, 0) is 34.8 Å². The van der Waals surface area contributed by atoms with E-state index in [0.717, 1.165) is 27.7 Å². The molecule has 4 rings (SSSR count). The molecule has 0 fully saturated rings. The molecule has 0 bridgehead atoms. The lowest BCUT2D eigenvalue weighted by Crippen LogP contribution is -2.26. The highest BCUT2D eigenvalue weighted by Crippen LogP contribution is 2.30. The third kappa shape index (κ3) is 3.13. The van der Waals surface area contributed by atoms with Crippen LogP contribution in [0.3, 0.4) is 0 Å². The number of hydrogen-bond donors (Lipinski definition) is 1. The third-order valence-corrected chi connectivity index (χ3v) is 6.47. The Morgan fingerprint density at radius 2 is 1.96 bits per heavy atom. The molecule has 2 aromatic carbocycles. The molecular weight excluding hydrogens is 362 g/mol. The number of rotatable bonds is 4. The van der Waals surface area contributed by atoms with Crippen LogP contribution in [0, 0.1) is 0 Å². The fourth-order valence-corrected chi connectivity index (χ4v) is 4.75. The molecule has 1 amide bonds. The summed E-state index contributed by atoms with van der Waals surface area (Å²) >= 11 is 0. The molecule has 0 unspecified atom stereocenters. The monoisotopic (exact) mass is 383 g/mol. The zero-order valence-corrected chi connectivity index (χ0v) is 16.1. The van der Waals surface area contributed by atoms with E-state index in [1.165, 1.54) is 6.92 Å². The van der Waals surface area contributed by atoms with Crippen molar-refractivity contribution in [3.63, 3.8) is 0 Å². The second-order valence-electron chi connectivity index (χ2n) is 6.82. The highest BCUT2D eigenvalue weighted by atomic mass is 32.2. The summed E-state index contributed by atoms with van der Waals surface area (Å²) in [5, 5.41) is 1.04. The van der Waals surface area contributed by atoms with E-state index >= 15 is 0 Å². The van der Waals surface area contributed by atoms with E-state index in [2.05, 4.69) is 4.72 Å². The number of aromatic nitrogens is 1. The van der Waals surface area contributed by atoms with Gasteiger partial charge in [-0.15, -0.1) is 0 Å². The number of carbonyl (C=O) groups is 1. The van der Waals surface area contributed by atoms with Gasteiger partial charge in [0.2, 0.25) is 15.9 Å². The maximum atomic E-state index is 12.8. The van der Waals surface area contributed by atoms with Crippen molar-refractivity contribution in [2.75, 3.05) is 11.4 Å². The van der Waals surface area contributed by atoms with Gasteiger partial charge in [-0.1, -0.05) is 18.2 Å². The molecule has 0 saturated heterocycles. The third-order valence-electron chi connectivity index (χ3n) is 5.07. The van der Waals surface area contributed by atoms with Gasteiger partial charge in [-0.3, -0.25) is 4.79 Å². The largest absolute Gasteiger partial charge is 0.350 e. The van der Waals surface area contributed by atoms with E-state index in [4.69, 9.17) is 0 Å². The van der Waals surface area contributed by atoms with Crippen LogP contribution in [-0.4, -0.2) is 25.4 Å². The van der Waals surface area contributed by atoms with Gasteiger partial charge in [-0.2, -0.15) is 0 Å². The quantitative estimate of drug-likeness (QED) is 0.753. The molecule has 0 spiro atoms. The average molecular weight is 383 g/mol. The predicted molar refractivity (Wildman–Crippen MR) is 105 cm³/mol. The van der Waals surface area contributed by atoms with Crippen LogP contribution in [0.4, 0.5) is 5.69 Å². The Morgan fingerprint density at radius 3 is 2.74 bits per heavy atom. The van der Waals surface area contributed by atoms with E-state index in [9.17, 15) is 13.2 Å². The highest BCUT2D eigenvalue weighted by Gasteiger charge is 2.24. The molecule has 1 aliphatic rings. The number of aryl methyl sites for hydroxylation is 1. The predicted octanol–water partition coefficient (Wildman–Crippen LogP) is 2.57. The molecule has 0 aliphatic carbocycles. The molecule has 0 radical (unpaired) electrons. The average Bonchev–Trinajstić information content (AvgIpc) is 3.21. The molecule has 140 valence electrons. The van der Waals surface area contributed by atoms with Crippen molar-refractivity contribution in [3.05, 3.63) is 59.8 Å². The molecule has 1 aromatic heterocycles. The first-order valence-corrected chi connectivity index (χ1v) is 10.3. The van der Waals surface area contributed by atoms with Gasteiger partial charge in [0.05, 0.1) is 4.90 Å². The minimum Gasteiger partial charge on any atom is -0.350 e. The van der Waals surface area contributed by atoms with E-state index in [1.54, 1.807) is 23.1 Å². The van der Waals surface area contributed by atoms with Crippen molar-refractivity contribution in [2.24, 2.45) is 7.05 Å². The standard InChI is InChI=1S/C20H21N3O3S/c1-14(24)23-10-9-15-11-17(7-8-19(15)23)27(25,26)21-12-16-13-22(2)20-6-4-3-5-18(16)20/h3-8,11,13,21H,9-10,12H2,1-2H3. The van der Waals surface area contributed by atoms with Crippen molar-refractivity contribution in [1.29, 1.82) is 0 Å². The summed E-state index contributed by atoms with van der Waals surface area (Å²) in [5.41, 5.74) is 3.68. The minimum absolute atomic E-state index is 0.0292. The number of anilines is 1. The minimum atomic E-state index is -3.64. The number of benzene rings is 2. The van der Waals surface area contributed by atoms with Crippen LogP contribution in [0.15, 0.2) is 53.6 Å². The molecule has 0 atom stereocenters. The van der Waals surface area contributed by atoms with Crippen molar-refractivity contribution >= 4 is 32.5 Å². The molecule has 1 N–H and O–H groups in total. The molecule has 7 heteroatoms. The van der Waals surface area contributed by atoms with Crippen molar-refractivity contribution < 1.29 is 13.2 Å². The van der Waals surface area contributed by atoms with E-state index < -0.39 is 10.0 Å². The van der Waals surface area contributed by atoms with Crippen molar-refractivity contribution in [1.82, 2.24) is 9.29 Å². The zero-order chi connectivity index (χ0) is 19.2. The van der Waals surface area contributed by atoms with Crippen LogP contribution >= 0.6 is 0 Å². The Labute approximate surface area is 158 Å². The Balaban J connectivity index is 1.58. The number of hydrogen-bond acceptors (Lipinski definition) is 3. The summed E-state index contributed by atoms with van der Waals surface area (Å²) in [6.45, 7) is 2.34. The van der Waals surface area contributed by atoms with Gasteiger partial charge in [-0.25, -0.2) is 13.1 Å². The summed E-state index contributed by atoms with van der Waals surface area (Å²) in [7, 11) is -1.69. The summed E-state index contributed by atoms with van der Waals surface area (Å²) in [5.74, 6) is -0.0292. The van der Waals surface area contributed by atoms with Crippen LogP contribution in [0.2, 0.25) is 0 Å². The molecule has 3 aromatic rings. The van der Waals surface area contributed by atoms with Crippen LogP contribution in [0.5, 0.6) is 0 Å². The maximum absolute atomic E-state index is 12.8. The maximum Gasteiger partial charge on any atom is 0.240 e. The summed E-state index contributed by atoms with van der Waals surface area (Å²) in [6, 6.07) is 12.9. The van der Waals surface area contributed by atoms with Gasteiger partial charge in [0, 0.05) is 49.8 Å². The SMILES string of the molecule is CC(=O)N1CCc2cc(S(=O)(=O)NCc3cn(C)c4ccccc34)ccc21. The number of carbonyl (C=O) groups excluding carboxylic acids is 1. The number of amides is 1. The van der Waals surface area contributed by atoms with Crippen molar-refractivity contribution in [3.8, 4) is 0 Å². The zero-order valence-electron chi connectivity index (χ0n) is 15.3. The van der Waals surface area contributed by atoms with Crippen LogP contribution < -0.4 is 9.62 Å². The summed E-state index contributed by atoms with van der Waals surface area (Å²) in [6.07, 6.45) is 2.61. The first kappa shape index (κ1) is 17.8. The molecule has 0 saturated carbocycles. The van der Waals surface area contributed by atoms with E-state index in [0.29, 0.717) is 13.0 Å². The molecular formula is C20H21N3O3S. The Hall–Kier alpha value is -2.64. The van der Waals surface area contributed by atoms with Gasteiger partial charge in [-0.05, 0) is 41.8 Å². The summed E-state index contributed by atoms with van der Waals surface area (Å²) in [4.78, 5) is 13.6. The van der Waals surface area contributed by atoms with Crippen molar-refractivity contribution in [2.45, 2.75) is 24.8 Å². The fourth-order valence-electron chi connectivity index (χ4n) is 3.69. The second-order valence-corrected chi connectivity index (χ2v) is 8.59. The lowest BCUT2D eigenvalue weighted by Gasteiger charge is -2.15. The van der Waals surface area contributed by atoms with Crippen LogP contribution in [0.25, 0.3) is 10.9 Å². The van der Waals surface area contributed by atoms with Gasteiger partial charge in [0.1, 0.15) is 0 Å². The van der Waals surface area contributed by atoms with E-state index in [1.807, 2.05) is 42.1 Å². The molecule has 1 aliphatic heterocycles. The number of nitrogens with zero attached hydrogens (tertiary/aromatic N) is 2. The number of nitrogens with one attached hydrogen (secondary N) is 1. The molecule has 27 heavy (non-hydrogen) atoms. The Kier molecular flexibility index (Phi) is 4.28. The fraction of sp³-hybridized carbons (Fsp3) is 0.250. The number of sulfonamides is 1. The molecule has 6 nitrogen and oxygen atoms in total. The normalized spacial score (nSPS) is 13.9. The van der Waals surface area contributed by atoms with Gasteiger partial charge in [0.15, 0.2) is 0 Å². The van der Waals surface area contributed by atoms with E-state index in [-0.39, 0.29) is 17.3 Å². The Morgan fingerprint density at radius 1 is 1.19 bits per heavy atom. The lowest BCUT2D eigenvalue weighted by molar-refractivity contribution is -0.116. The van der Waals surface area contributed by atoms with Crippen LogP contribution in [0.1, 0.15) is 18.1 Å². The first-order chi connectivity index (χ1) is 12.9.